The van der Waals surface area contributed by atoms with Gasteiger partial charge in [-0.1, -0.05) is 140 Å². The molecule has 3 heterocycles. The van der Waals surface area contributed by atoms with Gasteiger partial charge in [-0.25, -0.2) is 15.0 Å². The van der Waals surface area contributed by atoms with Crippen LogP contribution in [0.2, 0.25) is 0 Å². The van der Waals surface area contributed by atoms with Crippen molar-refractivity contribution in [2.75, 3.05) is 0 Å². The summed E-state index contributed by atoms with van der Waals surface area (Å²) >= 11 is 1.85. The maximum Gasteiger partial charge on any atom is 0.164 e. The maximum atomic E-state index is 6.26. The highest BCUT2D eigenvalue weighted by atomic mass is 32.1. The molecule has 252 valence electrons. The Hall–Kier alpha value is -6.95. The van der Waals surface area contributed by atoms with Gasteiger partial charge >= 0.3 is 0 Å². The molecule has 8 aromatic carbocycles. The third kappa shape index (κ3) is 5.09. The van der Waals surface area contributed by atoms with Crippen molar-refractivity contribution in [1.29, 1.82) is 0 Å². The van der Waals surface area contributed by atoms with E-state index in [1.54, 1.807) is 0 Å². The van der Waals surface area contributed by atoms with E-state index < -0.39 is 0 Å². The van der Waals surface area contributed by atoms with Gasteiger partial charge in [0, 0.05) is 47.6 Å². The number of furan rings is 1. The molecule has 11 rings (SSSR count). The van der Waals surface area contributed by atoms with Gasteiger partial charge in [-0.3, -0.25) is 0 Å². The molecule has 0 atom stereocenters. The van der Waals surface area contributed by atoms with Crippen molar-refractivity contribution in [3.8, 4) is 56.4 Å². The highest BCUT2D eigenvalue weighted by molar-refractivity contribution is 7.26. The number of fused-ring (bicyclic) bond motifs is 7. The summed E-state index contributed by atoms with van der Waals surface area (Å²) in [6.45, 7) is 0. The summed E-state index contributed by atoms with van der Waals surface area (Å²) in [5.74, 6) is 1.84. The lowest BCUT2D eigenvalue weighted by Gasteiger charge is -2.11. The molecule has 11 aromatic rings. The molecule has 0 radical (unpaired) electrons. The largest absolute Gasteiger partial charge is 0.456 e. The summed E-state index contributed by atoms with van der Waals surface area (Å²) in [4.78, 5) is 15.4. The first-order chi connectivity index (χ1) is 26.7. The summed E-state index contributed by atoms with van der Waals surface area (Å²) in [5, 5.41) is 6.94. The van der Waals surface area contributed by atoms with E-state index in [0.29, 0.717) is 17.5 Å². The number of aromatic nitrogens is 3. The third-order valence-electron chi connectivity index (χ3n) is 10.3. The number of para-hydroxylation sites is 1. The Kier molecular flexibility index (Phi) is 7.00. The molecule has 0 spiro atoms. The van der Waals surface area contributed by atoms with Gasteiger partial charge in [-0.15, -0.1) is 11.3 Å². The maximum absolute atomic E-state index is 6.26. The second kappa shape index (κ2) is 12.3. The van der Waals surface area contributed by atoms with Crippen molar-refractivity contribution in [1.82, 2.24) is 15.0 Å². The summed E-state index contributed by atoms with van der Waals surface area (Å²) in [6, 6.07) is 61.6. The number of nitrogens with zero attached hydrogens (tertiary/aromatic N) is 3. The quantitative estimate of drug-likeness (QED) is 0.179. The molecule has 0 bridgehead atoms. The zero-order valence-electron chi connectivity index (χ0n) is 28.9. The molecular formula is C49H29N3OS. The third-order valence-corrected chi connectivity index (χ3v) is 11.4. The fourth-order valence-corrected chi connectivity index (χ4v) is 8.89. The highest BCUT2D eigenvalue weighted by Crippen LogP contribution is 2.43. The summed E-state index contributed by atoms with van der Waals surface area (Å²) in [5.41, 5.74) is 9.16. The molecule has 0 N–H and O–H groups in total. The fourth-order valence-electron chi connectivity index (χ4n) is 7.72. The van der Waals surface area contributed by atoms with Crippen LogP contribution >= 0.6 is 11.3 Å². The summed E-state index contributed by atoms with van der Waals surface area (Å²) in [7, 11) is 0. The monoisotopic (exact) mass is 707 g/mol. The van der Waals surface area contributed by atoms with Gasteiger partial charge in [0.25, 0.3) is 0 Å². The van der Waals surface area contributed by atoms with Crippen LogP contribution < -0.4 is 0 Å². The standard InChI is InChI=1S/C49H29N3OS/c1-2-12-32(13-3-1)40-28-36(29-44-46(40)38-16-7-9-20-43(38)54-44)31-21-24-33(25-22-31)47-50-48(35-26-23-30-11-4-5-14-34(30)27-35)52-49(51-47)39-17-10-19-42-45(39)37-15-6-8-18-41(37)53-42/h1-29H. The van der Waals surface area contributed by atoms with Crippen LogP contribution in [0.5, 0.6) is 0 Å². The van der Waals surface area contributed by atoms with E-state index in [2.05, 4.69) is 146 Å². The van der Waals surface area contributed by atoms with Crippen LogP contribution in [0.1, 0.15) is 0 Å². The van der Waals surface area contributed by atoms with Crippen molar-refractivity contribution in [2.45, 2.75) is 0 Å². The Bertz CT molecular complexity index is 3220. The Balaban J connectivity index is 1.07. The van der Waals surface area contributed by atoms with Gasteiger partial charge < -0.3 is 4.42 Å². The second-order valence-electron chi connectivity index (χ2n) is 13.6. The topological polar surface area (TPSA) is 51.8 Å². The van der Waals surface area contributed by atoms with Crippen molar-refractivity contribution >= 4 is 64.2 Å². The number of benzene rings is 8. The first-order valence-electron chi connectivity index (χ1n) is 18.0. The van der Waals surface area contributed by atoms with Crippen LogP contribution in [0.4, 0.5) is 0 Å². The lowest BCUT2D eigenvalue weighted by Crippen LogP contribution is -2.00. The van der Waals surface area contributed by atoms with Crippen LogP contribution in [-0.4, -0.2) is 15.0 Å². The molecule has 0 amide bonds. The number of rotatable bonds is 5. The molecule has 0 saturated heterocycles. The van der Waals surface area contributed by atoms with E-state index in [0.717, 1.165) is 49.6 Å². The van der Waals surface area contributed by atoms with Crippen molar-refractivity contribution in [3.05, 3.63) is 176 Å². The molecule has 0 fully saturated rings. The first kappa shape index (κ1) is 30.7. The minimum Gasteiger partial charge on any atom is -0.456 e. The van der Waals surface area contributed by atoms with E-state index in [9.17, 15) is 0 Å². The van der Waals surface area contributed by atoms with E-state index in [1.165, 1.54) is 42.2 Å². The number of hydrogen-bond acceptors (Lipinski definition) is 5. The van der Waals surface area contributed by atoms with Gasteiger partial charge in [0.15, 0.2) is 17.5 Å². The smallest absolute Gasteiger partial charge is 0.164 e. The minimum atomic E-state index is 0.604. The summed E-state index contributed by atoms with van der Waals surface area (Å²) < 4.78 is 8.83. The predicted molar refractivity (Wildman–Crippen MR) is 225 cm³/mol. The molecule has 0 aliphatic rings. The highest BCUT2D eigenvalue weighted by Gasteiger charge is 2.19. The zero-order valence-corrected chi connectivity index (χ0v) is 29.7. The van der Waals surface area contributed by atoms with E-state index in [1.807, 2.05) is 41.7 Å². The lowest BCUT2D eigenvalue weighted by molar-refractivity contribution is 0.669. The predicted octanol–water partition coefficient (Wildman–Crippen LogP) is 13.6. The van der Waals surface area contributed by atoms with Crippen LogP contribution in [0.25, 0.3) is 109 Å². The summed E-state index contributed by atoms with van der Waals surface area (Å²) in [6.07, 6.45) is 0. The molecule has 0 aliphatic carbocycles. The molecule has 0 saturated carbocycles. The number of thiophene rings is 1. The van der Waals surface area contributed by atoms with Gasteiger partial charge in [-0.05, 0) is 69.4 Å². The normalized spacial score (nSPS) is 11.7. The number of hydrogen-bond donors (Lipinski definition) is 0. The molecule has 5 heteroatoms. The lowest BCUT2D eigenvalue weighted by atomic mass is 9.94. The van der Waals surface area contributed by atoms with E-state index in [-0.39, 0.29) is 0 Å². The molecule has 3 aromatic heterocycles. The van der Waals surface area contributed by atoms with Crippen LogP contribution in [-0.2, 0) is 0 Å². The van der Waals surface area contributed by atoms with Gasteiger partial charge in [-0.2, -0.15) is 0 Å². The SMILES string of the molecule is c1ccc(-c2cc(-c3ccc(-c4nc(-c5ccc6ccccc6c5)nc(-c5cccc6oc7ccccc7c56)n4)cc3)cc3sc4ccccc4c23)cc1. The van der Waals surface area contributed by atoms with Crippen LogP contribution in [0.15, 0.2) is 180 Å². The molecule has 54 heavy (non-hydrogen) atoms. The molecule has 4 nitrogen and oxygen atoms in total. The fraction of sp³-hybridized carbons (Fsp3) is 0. The molecule has 0 aliphatic heterocycles. The van der Waals surface area contributed by atoms with Crippen LogP contribution in [0, 0.1) is 0 Å². The minimum absolute atomic E-state index is 0.604. The van der Waals surface area contributed by atoms with Crippen LogP contribution in [0.3, 0.4) is 0 Å². The Morgan fingerprint density at radius 3 is 1.89 bits per heavy atom. The van der Waals surface area contributed by atoms with Crippen molar-refractivity contribution in [3.63, 3.8) is 0 Å². The van der Waals surface area contributed by atoms with Gasteiger partial charge in [0.2, 0.25) is 0 Å². The molecule has 0 unspecified atom stereocenters. The van der Waals surface area contributed by atoms with Crippen molar-refractivity contribution < 1.29 is 4.42 Å². The van der Waals surface area contributed by atoms with Gasteiger partial charge in [0.05, 0.1) is 0 Å². The Morgan fingerprint density at radius 2 is 1.02 bits per heavy atom. The Labute approximate surface area is 314 Å². The molecular weight excluding hydrogens is 679 g/mol. The zero-order chi connectivity index (χ0) is 35.6. The Morgan fingerprint density at radius 1 is 0.352 bits per heavy atom. The van der Waals surface area contributed by atoms with Crippen molar-refractivity contribution in [2.24, 2.45) is 0 Å². The van der Waals surface area contributed by atoms with E-state index >= 15 is 0 Å². The average Bonchev–Trinajstić information content (AvgIpc) is 3.82. The average molecular weight is 708 g/mol. The first-order valence-corrected chi connectivity index (χ1v) is 18.8. The van der Waals surface area contributed by atoms with Gasteiger partial charge in [0.1, 0.15) is 11.2 Å². The second-order valence-corrected chi connectivity index (χ2v) is 14.7. The van der Waals surface area contributed by atoms with E-state index in [4.69, 9.17) is 19.4 Å².